The Bertz CT molecular complexity index is 527. The highest BCUT2D eigenvalue weighted by molar-refractivity contribution is 6.29. The molecule has 0 spiro atoms. The molecule has 0 radical (unpaired) electrons. The third kappa shape index (κ3) is 2.70. The molecular weight excluding hydrogens is 254 g/mol. The van der Waals surface area contributed by atoms with Crippen molar-refractivity contribution in [2.24, 2.45) is 5.92 Å². The molecule has 0 saturated carbocycles. The zero-order valence-electron chi connectivity index (χ0n) is 10.3. The number of halogens is 1. The van der Waals surface area contributed by atoms with Crippen molar-refractivity contribution in [1.29, 1.82) is 0 Å². The van der Waals surface area contributed by atoms with E-state index in [1.807, 2.05) is 0 Å². The maximum Gasteiger partial charge on any atom is 0.255 e. The van der Waals surface area contributed by atoms with Gasteiger partial charge in [0, 0.05) is 18.7 Å². The summed E-state index contributed by atoms with van der Waals surface area (Å²) < 4.78 is 1.60. The van der Waals surface area contributed by atoms with Crippen molar-refractivity contribution in [2.75, 3.05) is 11.9 Å². The number of nitrogens with zero attached hydrogens (tertiary/aromatic N) is 4. The smallest absolute Gasteiger partial charge is 0.255 e. The predicted molar refractivity (Wildman–Crippen MR) is 69.7 cm³/mol. The Morgan fingerprint density at radius 1 is 1.50 bits per heavy atom. The minimum absolute atomic E-state index is 0.134. The van der Waals surface area contributed by atoms with Crippen molar-refractivity contribution in [3.05, 3.63) is 17.5 Å². The third-order valence-corrected chi connectivity index (χ3v) is 2.99. The summed E-state index contributed by atoms with van der Waals surface area (Å²) in [7, 11) is 0. The van der Waals surface area contributed by atoms with E-state index in [1.54, 1.807) is 10.6 Å². The molecule has 0 aliphatic heterocycles. The number of hydrogen-bond donors (Lipinski definition) is 2. The predicted octanol–water partition coefficient (Wildman–Crippen LogP) is 1.60. The van der Waals surface area contributed by atoms with E-state index in [-0.39, 0.29) is 12.6 Å². The fraction of sp³-hybridized carbons (Fsp3) is 0.545. The molecule has 2 rings (SSSR count). The first kappa shape index (κ1) is 13.0. The van der Waals surface area contributed by atoms with E-state index in [1.165, 1.54) is 6.33 Å². The van der Waals surface area contributed by atoms with Gasteiger partial charge in [0.25, 0.3) is 5.78 Å². The molecule has 0 fully saturated rings. The number of nitrogens with one attached hydrogen (secondary N) is 1. The Labute approximate surface area is 110 Å². The molecule has 0 aliphatic rings. The van der Waals surface area contributed by atoms with Crippen molar-refractivity contribution in [2.45, 2.75) is 26.3 Å². The lowest BCUT2D eigenvalue weighted by atomic mass is 10.0. The zero-order chi connectivity index (χ0) is 13.1. The van der Waals surface area contributed by atoms with E-state index in [9.17, 15) is 0 Å². The highest BCUT2D eigenvalue weighted by atomic mass is 35.5. The van der Waals surface area contributed by atoms with Gasteiger partial charge < -0.3 is 10.4 Å². The van der Waals surface area contributed by atoms with Crippen molar-refractivity contribution >= 4 is 23.2 Å². The van der Waals surface area contributed by atoms with Gasteiger partial charge in [-0.25, -0.2) is 0 Å². The summed E-state index contributed by atoms with van der Waals surface area (Å²) in [6.45, 7) is 4.32. The second kappa shape index (κ2) is 5.49. The molecule has 0 amide bonds. The molecule has 0 saturated heterocycles. The maximum atomic E-state index is 9.08. The Morgan fingerprint density at radius 3 is 2.94 bits per heavy atom. The summed E-state index contributed by atoms with van der Waals surface area (Å²) in [6.07, 6.45) is 2.09. The second-order valence-electron chi connectivity index (χ2n) is 4.44. The zero-order valence-corrected chi connectivity index (χ0v) is 11.1. The minimum Gasteiger partial charge on any atom is -0.396 e. The fourth-order valence-corrected chi connectivity index (χ4v) is 1.97. The van der Waals surface area contributed by atoms with Crippen LogP contribution in [0.2, 0.25) is 5.15 Å². The highest BCUT2D eigenvalue weighted by Gasteiger charge is 2.15. The molecule has 2 N–H and O–H groups in total. The van der Waals surface area contributed by atoms with Gasteiger partial charge in [0.05, 0.1) is 0 Å². The number of aromatic nitrogens is 4. The molecule has 1 unspecified atom stereocenters. The van der Waals surface area contributed by atoms with Crippen LogP contribution < -0.4 is 5.32 Å². The van der Waals surface area contributed by atoms with Gasteiger partial charge in [-0.05, 0) is 12.3 Å². The first-order valence-electron chi connectivity index (χ1n) is 5.85. The number of hydrogen-bond acceptors (Lipinski definition) is 5. The summed E-state index contributed by atoms with van der Waals surface area (Å²) in [4.78, 5) is 8.07. The monoisotopic (exact) mass is 269 g/mol. The molecule has 2 heterocycles. The molecule has 6 nitrogen and oxygen atoms in total. The Balaban J connectivity index is 2.32. The van der Waals surface area contributed by atoms with E-state index in [0.717, 1.165) is 5.82 Å². The van der Waals surface area contributed by atoms with Crippen LogP contribution in [0, 0.1) is 5.92 Å². The van der Waals surface area contributed by atoms with Crippen molar-refractivity contribution in [3.63, 3.8) is 0 Å². The van der Waals surface area contributed by atoms with Crippen LogP contribution in [0.25, 0.3) is 5.78 Å². The third-order valence-electron chi connectivity index (χ3n) is 2.80. The van der Waals surface area contributed by atoms with Gasteiger partial charge in [-0.2, -0.15) is 19.6 Å². The molecular formula is C11H16ClN5O. The lowest BCUT2D eigenvalue weighted by Gasteiger charge is -2.22. The number of fused-ring (bicyclic) bond motifs is 1. The molecule has 1 atom stereocenters. The summed E-state index contributed by atoms with van der Waals surface area (Å²) in [5.74, 6) is 1.56. The van der Waals surface area contributed by atoms with Gasteiger partial charge in [-0.3, -0.25) is 0 Å². The molecule has 98 valence electrons. The highest BCUT2D eigenvalue weighted by Crippen LogP contribution is 2.18. The fourth-order valence-electron chi connectivity index (χ4n) is 1.79. The molecule has 7 heteroatoms. The van der Waals surface area contributed by atoms with E-state index in [2.05, 4.69) is 34.2 Å². The molecule has 18 heavy (non-hydrogen) atoms. The van der Waals surface area contributed by atoms with Crippen LogP contribution in [0.15, 0.2) is 12.4 Å². The number of aliphatic hydroxyl groups excluding tert-OH is 1. The van der Waals surface area contributed by atoms with E-state index < -0.39 is 0 Å². The van der Waals surface area contributed by atoms with Gasteiger partial charge in [-0.1, -0.05) is 25.4 Å². The maximum absolute atomic E-state index is 9.08. The van der Waals surface area contributed by atoms with Crippen LogP contribution in [0.3, 0.4) is 0 Å². The number of rotatable bonds is 5. The molecule has 2 aromatic heterocycles. The van der Waals surface area contributed by atoms with Crippen LogP contribution >= 0.6 is 11.6 Å². The van der Waals surface area contributed by atoms with Crippen LogP contribution in [-0.2, 0) is 0 Å². The van der Waals surface area contributed by atoms with E-state index >= 15 is 0 Å². The minimum atomic E-state index is 0.134. The Kier molecular flexibility index (Phi) is 3.98. The molecule has 0 bridgehead atoms. The largest absolute Gasteiger partial charge is 0.396 e. The average Bonchev–Trinajstić information content (AvgIpc) is 2.76. The first-order chi connectivity index (χ1) is 8.61. The lowest BCUT2D eigenvalue weighted by Crippen LogP contribution is -2.28. The van der Waals surface area contributed by atoms with Crippen molar-refractivity contribution in [3.8, 4) is 0 Å². The lowest BCUT2D eigenvalue weighted by molar-refractivity contribution is 0.267. The summed E-state index contributed by atoms with van der Waals surface area (Å²) in [5.41, 5.74) is 0. The quantitative estimate of drug-likeness (QED) is 0.807. The summed E-state index contributed by atoms with van der Waals surface area (Å²) in [6, 6.07) is 1.84. The van der Waals surface area contributed by atoms with E-state index in [0.29, 0.717) is 23.3 Å². The van der Waals surface area contributed by atoms with Gasteiger partial charge in [0.15, 0.2) is 0 Å². The summed E-state index contributed by atoms with van der Waals surface area (Å²) >= 11 is 5.94. The van der Waals surface area contributed by atoms with Gasteiger partial charge in [0.1, 0.15) is 17.3 Å². The number of anilines is 1. The number of aliphatic hydroxyl groups is 1. The molecule has 2 aromatic rings. The Hall–Kier alpha value is -1.40. The van der Waals surface area contributed by atoms with Crippen LogP contribution in [0.5, 0.6) is 0 Å². The standard InChI is InChI=1S/C11H16ClN5O/c1-7(2)8(3-4-18)15-10-5-9(12)16-11-13-6-14-17(10)11/h5-8,15,18H,3-4H2,1-2H3. The SMILES string of the molecule is CC(C)C(CCO)Nc1cc(Cl)nc2ncnn12. The molecule has 0 aromatic carbocycles. The van der Waals surface area contributed by atoms with Crippen molar-refractivity contribution in [1.82, 2.24) is 19.6 Å². The van der Waals surface area contributed by atoms with Crippen LogP contribution in [0.1, 0.15) is 20.3 Å². The Morgan fingerprint density at radius 2 is 2.28 bits per heavy atom. The second-order valence-corrected chi connectivity index (χ2v) is 4.83. The topological polar surface area (TPSA) is 75.3 Å². The first-order valence-corrected chi connectivity index (χ1v) is 6.23. The molecule has 0 aliphatic carbocycles. The van der Waals surface area contributed by atoms with Crippen LogP contribution in [0.4, 0.5) is 5.82 Å². The van der Waals surface area contributed by atoms with E-state index in [4.69, 9.17) is 16.7 Å². The summed E-state index contributed by atoms with van der Waals surface area (Å²) in [5, 5.41) is 16.9. The van der Waals surface area contributed by atoms with Crippen LogP contribution in [-0.4, -0.2) is 37.3 Å². The average molecular weight is 270 g/mol. The normalized spacial score (nSPS) is 13.2. The van der Waals surface area contributed by atoms with Gasteiger partial charge in [0.2, 0.25) is 0 Å². The van der Waals surface area contributed by atoms with Crippen molar-refractivity contribution < 1.29 is 5.11 Å². The van der Waals surface area contributed by atoms with Gasteiger partial charge >= 0.3 is 0 Å². The van der Waals surface area contributed by atoms with Gasteiger partial charge in [-0.15, -0.1) is 0 Å².